The fourth-order valence-corrected chi connectivity index (χ4v) is 3.39. The second-order valence-corrected chi connectivity index (χ2v) is 7.54. The molecule has 0 saturated carbocycles. The fourth-order valence-electron chi connectivity index (χ4n) is 3.39. The van der Waals surface area contributed by atoms with E-state index in [1.807, 2.05) is 0 Å². The Morgan fingerprint density at radius 1 is 1.29 bits per heavy atom. The molecule has 0 radical (unpaired) electrons. The van der Waals surface area contributed by atoms with Gasteiger partial charge < -0.3 is 15.0 Å². The third-order valence-electron chi connectivity index (χ3n) is 4.54. The summed E-state index contributed by atoms with van der Waals surface area (Å²) in [5.74, 6) is 0. The van der Waals surface area contributed by atoms with E-state index in [1.165, 1.54) is 12.1 Å². The molecule has 0 unspecified atom stereocenters. The Bertz CT molecular complexity index is 667. The van der Waals surface area contributed by atoms with E-state index in [2.05, 4.69) is 5.32 Å². The Hall–Kier alpha value is -1.92. The zero-order valence-electron chi connectivity index (χ0n) is 14.0. The Labute approximate surface area is 139 Å². The molecule has 1 N–H and O–H groups in total. The number of anilines is 1. The van der Waals surface area contributed by atoms with E-state index < -0.39 is 28.8 Å². The molecule has 1 aromatic rings. The molecule has 2 heterocycles. The molecule has 1 spiro atoms. The van der Waals surface area contributed by atoms with E-state index in [0.29, 0.717) is 37.3 Å². The Morgan fingerprint density at radius 2 is 2.00 bits per heavy atom. The molecule has 4 nitrogen and oxygen atoms in total. The number of nitrogens with zero attached hydrogens (tertiary/aromatic N) is 1. The van der Waals surface area contributed by atoms with Crippen LogP contribution in [0.3, 0.4) is 0 Å². The topological polar surface area (TPSA) is 41.6 Å². The van der Waals surface area contributed by atoms with Crippen molar-refractivity contribution in [1.29, 1.82) is 0 Å². The summed E-state index contributed by atoms with van der Waals surface area (Å²) in [5.41, 5.74) is -0.368. The molecule has 7 heteroatoms. The van der Waals surface area contributed by atoms with Crippen LogP contribution in [0.2, 0.25) is 0 Å². The van der Waals surface area contributed by atoms with Gasteiger partial charge in [0.1, 0.15) is 5.60 Å². The van der Waals surface area contributed by atoms with Gasteiger partial charge in [-0.3, -0.25) is 0 Å². The number of benzene rings is 1. The van der Waals surface area contributed by atoms with Crippen LogP contribution in [0.15, 0.2) is 18.2 Å². The van der Waals surface area contributed by atoms with Crippen molar-refractivity contribution in [2.24, 2.45) is 0 Å². The second kappa shape index (κ2) is 5.29. The first kappa shape index (κ1) is 16.9. The third kappa shape index (κ3) is 3.03. The predicted molar refractivity (Wildman–Crippen MR) is 84.0 cm³/mol. The van der Waals surface area contributed by atoms with Crippen LogP contribution in [-0.2, 0) is 16.3 Å². The first-order valence-electron chi connectivity index (χ1n) is 7.94. The molecule has 1 fully saturated rings. The SMILES string of the molecule is CC(C)(C)OC(=O)N1CC[C@]2(CNc3ccc(C(F)(F)F)cc32)C1. The number of hydrogen-bond donors (Lipinski definition) is 1. The summed E-state index contributed by atoms with van der Waals surface area (Å²) in [5, 5.41) is 3.17. The largest absolute Gasteiger partial charge is 0.444 e. The van der Waals surface area contributed by atoms with Gasteiger partial charge in [-0.05, 0) is 51.0 Å². The first-order chi connectivity index (χ1) is 11.0. The summed E-state index contributed by atoms with van der Waals surface area (Å²) in [4.78, 5) is 13.8. The fraction of sp³-hybridized carbons (Fsp3) is 0.588. The maximum atomic E-state index is 13.0. The number of hydrogen-bond acceptors (Lipinski definition) is 3. The van der Waals surface area contributed by atoms with E-state index >= 15 is 0 Å². The zero-order chi connectivity index (χ0) is 17.8. The highest BCUT2D eigenvalue weighted by atomic mass is 19.4. The number of likely N-dealkylation sites (tertiary alicyclic amines) is 1. The number of nitrogens with one attached hydrogen (secondary N) is 1. The normalized spacial score (nSPS) is 23.3. The summed E-state index contributed by atoms with van der Waals surface area (Å²) in [6, 6.07) is 3.78. The smallest absolute Gasteiger partial charge is 0.416 e. The summed E-state index contributed by atoms with van der Waals surface area (Å²) < 4.78 is 44.4. The number of amides is 1. The van der Waals surface area contributed by atoms with E-state index in [9.17, 15) is 18.0 Å². The van der Waals surface area contributed by atoms with E-state index in [4.69, 9.17) is 4.74 Å². The maximum Gasteiger partial charge on any atom is 0.416 e. The molecule has 0 aliphatic carbocycles. The lowest BCUT2D eigenvalue weighted by atomic mass is 9.81. The number of alkyl halides is 3. The van der Waals surface area contributed by atoms with Crippen molar-refractivity contribution in [3.05, 3.63) is 29.3 Å². The van der Waals surface area contributed by atoms with Crippen LogP contribution in [0.4, 0.5) is 23.7 Å². The lowest BCUT2D eigenvalue weighted by Gasteiger charge is -2.27. The van der Waals surface area contributed by atoms with Crippen LogP contribution < -0.4 is 5.32 Å². The van der Waals surface area contributed by atoms with Gasteiger partial charge in [-0.15, -0.1) is 0 Å². The molecule has 2 aliphatic heterocycles. The quantitative estimate of drug-likeness (QED) is 0.775. The molecule has 132 valence electrons. The molecule has 1 saturated heterocycles. The van der Waals surface area contributed by atoms with Crippen molar-refractivity contribution >= 4 is 11.8 Å². The van der Waals surface area contributed by atoms with Gasteiger partial charge in [-0.2, -0.15) is 13.2 Å². The molecular formula is C17H21F3N2O2. The van der Waals surface area contributed by atoms with E-state index in [-0.39, 0.29) is 0 Å². The molecule has 0 aromatic heterocycles. The van der Waals surface area contributed by atoms with Crippen molar-refractivity contribution in [3.63, 3.8) is 0 Å². The lowest BCUT2D eigenvalue weighted by molar-refractivity contribution is -0.137. The number of carbonyl (C=O) groups is 1. The lowest BCUT2D eigenvalue weighted by Crippen LogP contribution is -2.39. The molecule has 3 rings (SSSR count). The highest BCUT2D eigenvalue weighted by molar-refractivity contribution is 5.70. The molecule has 1 atom stereocenters. The summed E-state index contributed by atoms with van der Waals surface area (Å²) in [6.07, 6.45) is -4.17. The van der Waals surface area contributed by atoms with Crippen LogP contribution in [0.25, 0.3) is 0 Å². The monoisotopic (exact) mass is 342 g/mol. The average molecular weight is 342 g/mol. The Morgan fingerprint density at radius 3 is 2.62 bits per heavy atom. The van der Waals surface area contributed by atoms with Gasteiger partial charge in [-0.1, -0.05) is 0 Å². The van der Waals surface area contributed by atoms with Crippen LogP contribution in [-0.4, -0.2) is 36.2 Å². The van der Waals surface area contributed by atoms with E-state index in [1.54, 1.807) is 25.7 Å². The van der Waals surface area contributed by atoms with Gasteiger partial charge in [0, 0.05) is 30.7 Å². The molecule has 1 amide bonds. The van der Waals surface area contributed by atoms with Crippen LogP contribution in [0, 0.1) is 0 Å². The number of ether oxygens (including phenoxy) is 1. The van der Waals surface area contributed by atoms with Crippen molar-refractivity contribution in [2.75, 3.05) is 25.0 Å². The zero-order valence-corrected chi connectivity index (χ0v) is 14.0. The van der Waals surface area contributed by atoms with Crippen LogP contribution in [0.1, 0.15) is 38.3 Å². The average Bonchev–Trinajstić information content (AvgIpc) is 3.02. The summed E-state index contributed by atoms with van der Waals surface area (Å²) in [6.45, 7) is 6.74. The minimum atomic E-state index is -4.37. The minimum Gasteiger partial charge on any atom is -0.444 e. The van der Waals surface area contributed by atoms with Crippen molar-refractivity contribution < 1.29 is 22.7 Å². The second-order valence-electron chi connectivity index (χ2n) is 7.54. The van der Waals surface area contributed by atoms with Gasteiger partial charge in [0.05, 0.1) is 5.56 Å². The highest BCUT2D eigenvalue weighted by Gasteiger charge is 2.47. The molecule has 24 heavy (non-hydrogen) atoms. The molecule has 0 bridgehead atoms. The number of rotatable bonds is 0. The maximum absolute atomic E-state index is 13.0. The summed E-state index contributed by atoms with van der Waals surface area (Å²) >= 11 is 0. The number of fused-ring (bicyclic) bond motifs is 2. The molecule has 2 aliphatic rings. The first-order valence-corrected chi connectivity index (χ1v) is 7.94. The third-order valence-corrected chi connectivity index (χ3v) is 4.54. The van der Waals surface area contributed by atoms with Gasteiger partial charge >= 0.3 is 12.3 Å². The van der Waals surface area contributed by atoms with Crippen molar-refractivity contribution in [2.45, 2.75) is 44.4 Å². The van der Waals surface area contributed by atoms with Gasteiger partial charge in [-0.25, -0.2) is 4.79 Å². The summed E-state index contributed by atoms with van der Waals surface area (Å²) in [7, 11) is 0. The Balaban J connectivity index is 1.84. The molecular weight excluding hydrogens is 321 g/mol. The van der Waals surface area contributed by atoms with Crippen molar-refractivity contribution in [3.8, 4) is 0 Å². The standard InChI is InChI=1S/C17H21F3N2O2/c1-15(2,3)24-14(23)22-7-6-16(10-22)9-21-13-5-4-11(8-12(13)16)17(18,19)20/h4-5,8,21H,6-7,9-10H2,1-3H3/t16-/m0/s1. The highest BCUT2D eigenvalue weighted by Crippen LogP contribution is 2.45. The van der Waals surface area contributed by atoms with Crippen molar-refractivity contribution in [1.82, 2.24) is 4.90 Å². The van der Waals surface area contributed by atoms with Crippen LogP contribution in [0.5, 0.6) is 0 Å². The molecule has 1 aromatic carbocycles. The Kier molecular flexibility index (Phi) is 3.73. The van der Waals surface area contributed by atoms with Gasteiger partial charge in [0.15, 0.2) is 0 Å². The number of carbonyl (C=O) groups excluding carboxylic acids is 1. The van der Waals surface area contributed by atoms with Gasteiger partial charge in [0.25, 0.3) is 0 Å². The van der Waals surface area contributed by atoms with E-state index in [0.717, 1.165) is 6.07 Å². The predicted octanol–water partition coefficient (Wildman–Crippen LogP) is 4.01. The van der Waals surface area contributed by atoms with Crippen LogP contribution >= 0.6 is 0 Å². The minimum absolute atomic E-state index is 0.364. The number of halogens is 3. The van der Waals surface area contributed by atoms with Gasteiger partial charge in [0.2, 0.25) is 0 Å².